The Hall–Kier alpha value is -1.77. The number of rotatable bonds is 6. The van der Waals surface area contributed by atoms with Crippen LogP contribution in [0.25, 0.3) is 0 Å². The molecule has 1 saturated heterocycles. The first-order valence-electron chi connectivity index (χ1n) is 9.63. The zero-order chi connectivity index (χ0) is 21.0. The van der Waals surface area contributed by atoms with Gasteiger partial charge >= 0.3 is 0 Å². The molecule has 0 radical (unpaired) electrons. The van der Waals surface area contributed by atoms with E-state index in [1.807, 2.05) is 31.2 Å². The van der Waals surface area contributed by atoms with Gasteiger partial charge in [-0.2, -0.15) is 4.31 Å². The van der Waals surface area contributed by atoms with Crippen LogP contribution in [0, 0.1) is 11.7 Å². The Labute approximate surface area is 179 Å². The summed E-state index contributed by atoms with van der Waals surface area (Å²) in [6, 6.07) is 12.6. The van der Waals surface area contributed by atoms with Gasteiger partial charge in [0.15, 0.2) is 0 Å². The van der Waals surface area contributed by atoms with E-state index < -0.39 is 15.8 Å². The zero-order valence-corrected chi connectivity index (χ0v) is 18.5. The maximum Gasteiger partial charge on any atom is 0.243 e. The Morgan fingerprint density at radius 3 is 2.28 bits per heavy atom. The average molecular weight is 483 g/mol. The molecule has 1 fully saturated rings. The van der Waals surface area contributed by atoms with E-state index in [1.54, 1.807) is 0 Å². The van der Waals surface area contributed by atoms with Crippen LogP contribution in [-0.2, 0) is 14.8 Å². The van der Waals surface area contributed by atoms with E-state index in [-0.39, 0.29) is 35.9 Å². The van der Waals surface area contributed by atoms with Crippen molar-refractivity contribution in [2.45, 2.75) is 37.1 Å². The molecule has 0 aromatic heterocycles. The maximum atomic E-state index is 13.1. The minimum Gasteiger partial charge on any atom is -0.349 e. The monoisotopic (exact) mass is 482 g/mol. The highest BCUT2D eigenvalue weighted by Gasteiger charge is 2.32. The van der Waals surface area contributed by atoms with Gasteiger partial charge in [-0.3, -0.25) is 4.79 Å². The molecule has 1 atom stereocenters. The summed E-state index contributed by atoms with van der Waals surface area (Å²) in [5.41, 5.74) is 1.04. The lowest BCUT2D eigenvalue weighted by Gasteiger charge is -2.31. The molecule has 156 valence electrons. The lowest BCUT2D eigenvalue weighted by molar-refractivity contribution is -0.126. The van der Waals surface area contributed by atoms with Crippen LogP contribution in [0.2, 0.25) is 0 Å². The molecular weight excluding hydrogens is 459 g/mol. The average Bonchev–Trinajstić information content (AvgIpc) is 2.73. The molecule has 0 saturated carbocycles. The smallest absolute Gasteiger partial charge is 0.243 e. The van der Waals surface area contributed by atoms with Crippen molar-refractivity contribution in [3.05, 3.63) is 64.4 Å². The molecule has 1 N–H and O–H groups in total. The molecule has 29 heavy (non-hydrogen) atoms. The van der Waals surface area contributed by atoms with Crippen LogP contribution < -0.4 is 5.32 Å². The number of piperidine rings is 1. The fourth-order valence-corrected chi connectivity index (χ4v) is 5.25. The summed E-state index contributed by atoms with van der Waals surface area (Å²) in [7, 11) is -3.67. The number of sulfonamides is 1. The van der Waals surface area contributed by atoms with Crippen LogP contribution in [0.3, 0.4) is 0 Å². The molecular formula is C21H24BrFN2O3S. The van der Waals surface area contributed by atoms with Crippen molar-refractivity contribution < 1.29 is 17.6 Å². The summed E-state index contributed by atoms with van der Waals surface area (Å²) in [5.74, 6) is -0.742. The molecule has 1 aliphatic rings. The standard InChI is InChI=1S/C21H24BrFN2O3S/c1-2-20(15-3-5-17(22)6-4-15)24-21(26)16-11-13-25(14-12-16)29(27,28)19-9-7-18(23)8-10-19/h3-10,16,20H,2,11-14H2,1H3,(H,24,26). The predicted octanol–water partition coefficient (Wildman–Crippen LogP) is 4.26. The third-order valence-electron chi connectivity index (χ3n) is 5.27. The number of halogens is 2. The summed E-state index contributed by atoms with van der Waals surface area (Å²) in [5, 5.41) is 3.10. The van der Waals surface area contributed by atoms with Crippen molar-refractivity contribution in [1.29, 1.82) is 0 Å². The molecule has 0 spiro atoms. The second kappa shape index (κ2) is 9.36. The molecule has 0 bridgehead atoms. The molecule has 1 unspecified atom stereocenters. The second-order valence-electron chi connectivity index (χ2n) is 7.15. The Morgan fingerprint density at radius 1 is 1.14 bits per heavy atom. The fourth-order valence-electron chi connectivity index (χ4n) is 3.52. The van der Waals surface area contributed by atoms with Gasteiger partial charge in [0, 0.05) is 23.5 Å². The van der Waals surface area contributed by atoms with Gasteiger partial charge in [-0.25, -0.2) is 12.8 Å². The highest BCUT2D eigenvalue weighted by molar-refractivity contribution is 9.10. The van der Waals surface area contributed by atoms with E-state index in [4.69, 9.17) is 0 Å². The van der Waals surface area contributed by atoms with Gasteiger partial charge < -0.3 is 5.32 Å². The topological polar surface area (TPSA) is 66.5 Å². The van der Waals surface area contributed by atoms with E-state index in [9.17, 15) is 17.6 Å². The molecule has 3 rings (SSSR count). The zero-order valence-electron chi connectivity index (χ0n) is 16.1. The number of benzene rings is 2. The van der Waals surface area contributed by atoms with Gasteiger partial charge in [-0.05, 0) is 61.2 Å². The van der Waals surface area contributed by atoms with Crippen molar-refractivity contribution in [2.24, 2.45) is 5.92 Å². The van der Waals surface area contributed by atoms with Crippen LogP contribution in [0.15, 0.2) is 57.9 Å². The highest BCUT2D eigenvalue weighted by Crippen LogP contribution is 2.26. The van der Waals surface area contributed by atoms with Crippen LogP contribution in [0.5, 0.6) is 0 Å². The summed E-state index contributed by atoms with van der Waals surface area (Å²) >= 11 is 3.41. The quantitative estimate of drug-likeness (QED) is 0.668. The Balaban J connectivity index is 1.60. The molecule has 1 amide bonds. The molecule has 0 aliphatic carbocycles. The van der Waals surface area contributed by atoms with Gasteiger partial charge in [0.25, 0.3) is 0 Å². The number of nitrogens with one attached hydrogen (secondary N) is 1. The molecule has 8 heteroatoms. The number of amides is 1. The first-order valence-corrected chi connectivity index (χ1v) is 11.9. The van der Waals surface area contributed by atoms with Gasteiger partial charge in [-0.1, -0.05) is 35.0 Å². The first-order chi connectivity index (χ1) is 13.8. The van der Waals surface area contributed by atoms with Crippen molar-refractivity contribution in [1.82, 2.24) is 9.62 Å². The van der Waals surface area contributed by atoms with Crippen molar-refractivity contribution in [3.8, 4) is 0 Å². The van der Waals surface area contributed by atoms with Crippen LogP contribution in [0.1, 0.15) is 37.8 Å². The Kier molecular flexibility index (Phi) is 7.08. The van der Waals surface area contributed by atoms with Crippen LogP contribution >= 0.6 is 15.9 Å². The lowest BCUT2D eigenvalue weighted by atomic mass is 9.96. The SMILES string of the molecule is CCC(NC(=O)C1CCN(S(=O)(=O)c2ccc(F)cc2)CC1)c1ccc(Br)cc1. The molecule has 2 aromatic carbocycles. The van der Waals surface area contributed by atoms with Gasteiger partial charge in [0.05, 0.1) is 10.9 Å². The number of carbonyl (C=O) groups excluding carboxylic acids is 1. The van der Waals surface area contributed by atoms with E-state index in [0.29, 0.717) is 12.8 Å². The van der Waals surface area contributed by atoms with E-state index in [1.165, 1.54) is 16.4 Å². The number of nitrogens with zero attached hydrogens (tertiary/aromatic N) is 1. The highest BCUT2D eigenvalue weighted by atomic mass is 79.9. The number of hydrogen-bond donors (Lipinski definition) is 1. The maximum absolute atomic E-state index is 13.1. The summed E-state index contributed by atoms with van der Waals surface area (Å²) in [6.07, 6.45) is 1.69. The molecule has 5 nitrogen and oxygen atoms in total. The van der Waals surface area contributed by atoms with Gasteiger partial charge in [0.1, 0.15) is 5.82 Å². The lowest BCUT2D eigenvalue weighted by Crippen LogP contribution is -2.43. The Morgan fingerprint density at radius 2 is 1.72 bits per heavy atom. The molecule has 1 heterocycles. The Bertz CT molecular complexity index is 941. The van der Waals surface area contributed by atoms with E-state index >= 15 is 0 Å². The van der Waals surface area contributed by atoms with Crippen LogP contribution in [-0.4, -0.2) is 31.7 Å². The molecule has 1 aliphatic heterocycles. The summed E-state index contributed by atoms with van der Waals surface area (Å²) < 4.78 is 40.9. The van der Waals surface area contributed by atoms with Crippen molar-refractivity contribution in [2.75, 3.05) is 13.1 Å². The third-order valence-corrected chi connectivity index (χ3v) is 7.71. The fraction of sp³-hybridized carbons (Fsp3) is 0.381. The largest absolute Gasteiger partial charge is 0.349 e. The third kappa shape index (κ3) is 5.24. The minimum absolute atomic E-state index is 0.0430. The molecule has 2 aromatic rings. The van der Waals surface area contributed by atoms with Crippen molar-refractivity contribution >= 4 is 31.9 Å². The number of carbonyl (C=O) groups is 1. The normalized spacial score (nSPS) is 17.1. The van der Waals surface area contributed by atoms with Crippen LogP contribution in [0.4, 0.5) is 4.39 Å². The van der Waals surface area contributed by atoms with E-state index in [0.717, 1.165) is 28.6 Å². The van der Waals surface area contributed by atoms with Gasteiger partial charge in [0.2, 0.25) is 15.9 Å². The minimum atomic E-state index is -3.67. The first kappa shape index (κ1) is 21.9. The second-order valence-corrected chi connectivity index (χ2v) is 10.0. The number of hydrogen-bond acceptors (Lipinski definition) is 3. The van der Waals surface area contributed by atoms with Crippen molar-refractivity contribution in [3.63, 3.8) is 0 Å². The van der Waals surface area contributed by atoms with Gasteiger partial charge in [-0.15, -0.1) is 0 Å². The summed E-state index contributed by atoms with van der Waals surface area (Å²) in [6.45, 7) is 2.56. The summed E-state index contributed by atoms with van der Waals surface area (Å²) in [4.78, 5) is 12.8. The predicted molar refractivity (Wildman–Crippen MR) is 113 cm³/mol. The van der Waals surface area contributed by atoms with E-state index in [2.05, 4.69) is 21.2 Å².